The molecule has 0 bridgehead atoms. The second-order valence-electron chi connectivity index (χ2n) is 4.58. The molecule has 6 heteroatoms. The van der Waals surface area contributed by atoms with Crippen molar-refractivity contribution in [1.82, 2.24) is 4.90 Å². The molecule has 104 valence electrons. The Balaban J connectivity index is 2.08. The molecule has 5 nitrogen and oxygen atoms in total. The zero-order chi connectivity index (χ0) is 14.0. The highest BCUT2D eigenvalue weighted by Gasteiger charge is 2.39. The minimum atomic E-state index is -3.04. The largest absolute Gasteiger partial charge is 0.387 e. The van der Waals surface area contributed by atoms with Gasteiger partial charge in [0.15, 0.2) is 9.84 Å². The van der Waals surface area contributed by atoms with Gasteiger partial charge in [0, 0.05) is 31.6 Å². The van der Waals surface area contributed by atoms with E-state index >= 15 is 0 Å². The molecule has 0 spiro atoms. The summed E-state index contributed by atoms with van der Waals surface area (Å²) in [5, 5.41) is 2.57. The lowest BCUT2D eigenvalue weighted by Crippen LogP contribution is -2.57. The number of amides is 1. The van der Waals surface area contributed by atoms with Crippen molar-refractivity contribution in [3.8, 4) is 0 Å². The van der Waals surface area contributed by atoms with Crippen LogP contribution >= 0.6 is 0 Å². The van der Waals surface area contributed by atoms with Crippen LogP contribution in [0.25, 0.3) is 0 Å². The summed E-state index contributed by atoms with van der Waals surface area (Å²) in [6.45, 7) is 2.23. The van der Waals surface area contributed by atoms with Crippen molar-refractivity contribution in [2.24, 2.45) is 0 Å². The molecular weight excluding hydrogens is 264 g/mol. The molecule has 1 fully saturated rings. The predicted molar refractivity (Wildman–Crippen MR) is 75.1 cm³/mol. The number of hydrogen-bond acceptors (Lipinski definition) is 4. The molecule has 1 aliphatic rings. The number of likely N-dealkylation sites (tertiary alicyclic amines) is 1. The quantitative estimate of drug-likeness (QED) is 0.894. The normalized spacial score (nSPS) is 16.0. The first kappa shape index (κ1) is 13.9. The maximum atomic E-state index is 12.3. The monoisotopic (exact) mass is 282 g/mol. The summed E-state index contributed by atoms with van der Waals surface area (Å²) in [6.07, 6.45) is 0. The Morgan fingerprint density at radius 2 is 2.00 bits per heavy atom. The summed E-state index contributed by atoms with van der Waals surface area (Å²) in [7, 11) is -1.28. The van der Waals surface area contributed by atoms with Gasteiger partial charge in [0.05, 0.1) is 10.8 Å². The third-order valence-corrected chi connectivity index (χ3v) is 5.59. The van der Waals surface area contributed by atoms with Crippen molar-refractivity contribution < 1.29 is 13.2 Å². The van der Waals surface area contributed by atoms with Crippen LogP contribution in [-0.2, 0) is 9.84 Å². The highest BCUT2D eigenvalue weighted by molar-refractivity contribution is 7.92. The van der Waals surface area contributed by atoms with E-state index in [0.29, 0.717) is 18.7 Å². The number of nitrogens with one attached hydrogen (secondary N) is 1. The smallest absolute Gasteiger partial charge is 0.256 e. The Labute approximate surface area is 113 Å². The zero-order valence-corrected chi connectivity index (χ0v) is 11.9. The van der Waals surface area contributed by atoms with Crippen LogP contribution in [0, 0.1) is 0 Å². The average molecular weight is 282 g/mol. The van der Waals surface area contributed by atoms with Gasteiger partial charge in [0.25, 0.3) is 5.91 Å². The van der Waals surface area contributed by atoms with Crippen LogP contribution in [-0.4, -0.2) is 50.4 Å². The van der Waals surface area contributed by atoms with Crippen LogP contribution in [0.5, 0.6) is 0 Å². The molecular formula is C13H18N2O3S. The third kappa shape index (κ3) is 2.58. The van der Waals surface area contributed by atoms with Crippen LogP contribution in [0.3, 0.4) is 0 Å². The van der Waals surface area contributed by atoms with E-state index in [9.17, 15) is 13.2 Å². The van der Waals surface area contributed by atoms with Crippen LogP contribution in [0.15, 0.2) is 24.3 Å². The van der Waals surface area contributed by atoms with Gasteiger partial charge in [0.2, 0.25) is 0 Å². The first-order valence-corrected chi connectivity index (χ1v) is 7.98. The van der Waals surface area contributed by atoms with Crippen LogP contribution < -0.4 is 5.32 Å². The van der Waals surface area contributed by atoms with Gasteiger partial charge in [-0.05, 0) is 12.1 Å². The molecule has 0 unspecified atom stereocenters. The second-order valence-corrected chi connectivity index (χ2v) is 7.15. The van der Waals surface area contributed by atoms with E-state index in [1.54, 1.807) is 31.0 Å². The third-order valence-electron chi connectivity index (χ3n) is 3.47. The van der Waals surface area contributed by atoms with E-state index in [-0.39, 0.29) is 11.7 Å². The van der Waals surface area contributed by atoms with Crippen molar-refractivity contribution in [2.75, 3.05) is 31.2 Å². The molecule has 1 amide bonds. The molecule has 1 N–H and O–H groups in total. The van der Waals surface area contributed by atoms with Crippen LogP contribution in [0.1, 0.15) is 17.3 Å². The molecule has 0 aliphatic carbocycles. The van der Waals surface area contributed by atoms with E-state index in [4.69, 9.17) is 0 Å². The fourth-order valence-electron chi connectivity index (χ4n) is 2.12. The van der Waals surface area contributed by atoms with Gasteiger partial charge in [-0.15, -0.1) is 0 Å². The zero-order valence-electron chi connectivity index (χ0n) is 11.1. The van der Waals surface area contributed by atoms with Crippen molar-refractivity contribution in [2.45, 2.75) is 12.2 Å². The maximum absolute atomic E-state index is 12.3. The summed E-state index contributed by atoms with van der Waals surface area (Å²) >= 11 is 0. The lowest BCUT2D eigenvalue weighted by Gasteiger charge is -2.38. The molecule has 0 radical (unpaired) electrons. The lowest BCUT2D eigenvalue weighted by atomic mass is 10.1. The van der Waals surface area contributed by atoms with Gasteiger partial charge in [-0.25, -0.2) is 8.42 Å². The number of nitrogens with zero attached hydrogens (tertiary/aromatic N) is 1. The Morgan fingerprint density at radius 3 is 2.58 bits per heavy atom. The van der Waals surface area contributed by atoms with Gasteiger partial charge < -0.3 is 10.2 Å². The van der Waals surface area contributed by atoms with E-state index in [2.05, 4.69) is 5.32 Å². The fraction of sp³-hybridized carbons (Fsp3) is 0.462. The van der Waals surface area contributed by atoms with Gasteiger partial charge in [-0.3, -0.25) is 4.79 Å². The standard InChI is InChI=1S/C13H18N2O3S/c1-3-19(17,18)10-8-15(9-10)13(16)11-6-4-5-7-12(11)14-2/h4-7,10,14H,3,8-9H2,1-2H3. The maximum Gasteiger partial charge on any atom is 0.256 e. The summed E-state index contributed by atoms with van der Waals surface area (Å²) in [5.74, 6) is 0.0137. The lowest BCUT2D eigenvalue weighted by molar-refractivity contribution is 0.0660. The number of carbonyl (C=O) groups is 1. The first-order valence-electron chi connectivity index (χ1n) is 6.27. The average Bonchev–Trinajstić information content (AvgIpc) is 2.36. The highest BCUT2D eigenvalue weighted by atomic mass is 32.2. The number of benzene rings is 1. The summed E-state index contributed by atoms with van der Waals surface area (Å²) in [4.78, 5) is 13.8. The topological polar surface area (TPSA) is 66.5 Å². The number of sulfone groups is 1. The van der Waals surface area contributed by atoms with Gasteiger partial charge >= 0.3 is 0 Å². The Bertz CT molecular complexity index is 577. The van der Waals surface area contributed by atoms with E-state index in [1.807, 2.05) is 12.1 Å². The Morgan fingerprint density at radius 1 is 1.37 bits per heavy atom. The van der Waals surface area contributed by atoms with E-state index in [1.165, 1.54) is 0 Å². The van der Waals surface area contributed by atoms with Crippen LogP contribution in [0.4, 0.5) is 5.69 Å². The van der Waals surface area contributed by atoms with Crippen molar-refractivity contribution in [3.05, 3.63) is 29.8 Å². The molecule has 1 aliphatic heterocycles. The van der Waals surface area contributed by atoms with E-state index < -0.39 is 15.1 Å². The molecule has 1 aromatic rings. The number of para-hydroxylation sites is 1. The first-order chi connectivity index (χ1) is 8.99. The molecule has 1 aromatic carbocycles. The highest BCUT2D eigenvalue weighted by Crippen LogP contribution is 2.23. The number of rotatable bonds is 4. The molecule has 19 heavy (non-hydrogen) atoms. The molecule has 0 aromatic heterocycles. The Hall–Kier alpha value is -1.56. The van der Waals surface area contributed by atoms with Crippen molar-refractivity contribution >= 4 is 21.4 Å². The van der Waals surface area contributed by atoms with Gasteiger partial charge in [-0.1, -0.05) is 19.1 Å². The van der Waals surface area contributed by atoms with E-state index in [0.717, 1.165) is 5.69 Å². The molecule has 0 atom stereocenters. The van der Waals surface area contributed by atoms with Crippen LogP contribution in [0.2, 0.25) is 0 Å². The van der Waals surface area contributed by atoms with Gasteiger partial charge in [0.1, 0.15) is 0 Å². The predicted octanol–water partition coefficient (Wildman–Crippen LogP) is 0.987. The van der Waals surface area contributed by atoms with Crippen molar-refractivity contribution in [3.63, 3.8) is 0 Å². The summed E-state index contributed by atoms with van der Waals surface area (Å²) < 4.78 is 23.3. The number of anilines is 1. The van der Waals surface area contributed by atoms with Crippen molar-refractivity contribution in [1.29, 1.82) is 0 Å². The fourth-order valence-corrected chi connectivity index (χ4v) is 3.41. The minimum absolute atomic E-state index is 0.118. The molecule has 1 heterocycles. The molecule has 1 saturated heterocycles. The summed E-state index contributed by atoms with van der Waals surface area (Å²) in [5.41, 5.74) is 1.34. The Kier molecular flexibility index (Phi) is 3.80. The molecule has 0 saturated carbocycles. The van der Waals surface area contributed by atoms with Gasteiger partial charge in [-0.2, -0.15) is 0 Å². The SMILES string of the molecule is CCS(=O)(=O)C1CN(C(=O)c2ccccc2NC)C1. The minimum Gasteiger partial charge on any atom is -0.387 e. The number of carbonyl (C=O) groups excluding carboxylic acids is 1. The molecule has 2 rings (SSSR count). The number of hydrogen-bond donors (Lipinski definition) is 1. The second kappa shape index (κ2) is 5.21. The summed E-state index contributed by atoms with van der Waals surface area (Å²) in [6, 6.07) is 7.22.